The SMILES string of the molecule is O=C(CSc1nc2ccccc2c(=O)n1-c1ccccc1F)NC1CCCc2ccccc21. The number of carbonyl (C=O) groups excluding carboxylic acids is 1. The highest BCUT2D eigenvalue weighted by Crippen LogP contribution is 2.30. The Bertz CT molecular complexity index is 1400. The normalized spacial score (nSPS) is 15.2. The predicted molar refractivity (Wildman–Crippen MR) is 128 cm³/mol. The van der Waals surface area contributed by atoms with E-state index in [0.29, 0.717) is 10.9 Å². The molecule has 1 atom stereocenters. The van der Waals surface area contributed by atoms with Crippen molar-refractivity contribution in [1.82, 2.24) is 14.9 Å². The smallest absolute Gasteiger partial charge is 0.266 e. The van der Waals surface area contributed by atoms with Gasteiger partial charge in [-0.3, -0.25) is 14.2 Å². The number of para-hydroxylation sites is 2. The summed E-state index contributed by atoms with van der Waals surface area (Å²) in [5, 5.41) is 3.80. The first-order valence-electron chi connectivity index (χ1n) is 10.9. The predicted octanol–water partition coefficient (Wildman–Crippen LogP) is 4.81. The monoisotopic (exact) mass is 459 g/mol. The minimum absolute atomic E-state index is 0.0265. The van der Waals surface area contributed by atoms with Gasteiger partial charge in [-0.2, -0.15) is 0 Å². The molecule has 1 unspecified atom stereocenters. The van der Waals surface area contributed by atoms with Gasteiger partial charge in [0.2, 0.25) is 5.91 Å². The molecule has 0 saturated heterocycles. The van der Waals surface area contributed by atoms with Crippen molar-refractivity contribution in [3.05, 3.63) is 100 Å². The lowest BCUT2D eigenvalue weighted by Crippen LogP contribution is -2.32. The van der Waals surface area contributed by atoms with Crippen LogP contribution in [0.5, 0.6) is 0 Å². The number of halogens is 1. The number of aryl methyl sites for hydroxylation is 1. The molecule has 0 radical (unpaired) electrons. The molecular formula is C26H22FN3O2S. The number of hydrogen-bond donors (Lipinski definition) is 1. The van der Waals surface area contributed by atoms with Gasteiger partial charge in [-0.15, -0.1) is 0 Å². The van der Waals surface area contributed by atoms with Gasteiger partial charge in [-0.05, 0) is 54.7 Å². The number of nitrogens with one attached hydrogen (secondary N) is 1. The number of aromatic nitrogens is 2. The van der Waals surface area contributed by atoms with Crippen LogP contribution in [-0.2, 0) is 11.2 Å². The van der Waals surface area contributed by atoms with E-state index < -0.39 is 5.82 Å². The topological polar surface area (TPSA) is 64.0 Å². The van der Waals surface area contributed by atoms with Gasteiger partial charge in [0.15, 0.2) is 5.16 Å². The second-order valence-electron chi connectivity index (χ2n) is 8.00. The number of fused-ring (bicyclic) bond motifs is 2. The van der Waals surface area contributed by atoms with Gasteiger partial charge in [0.05, 0.1) is 28.4 Å². The maximum absolute atomic E-state index is 14.6. The number of hydrogen-bond acceptors (Lipinski definition) is 4. The number of benzene rings is 3. The Balaban J connectivity index is 1.43. The first kappa shape index (κ1) is 21.4. The van der Waals surface area contributed by atoms with Gasteiger partial charge in [-0.1, -0.05) is 60.3 Å². The molecule has 166 valence electrons. The number of amides is 1. The molecule has 0 fully saturated rings. The van der Waals surface area contributed by atoms with E-state index in [1.54, 1.807) is 36.4 Å². The summed E-state index contributed by atoms with van der Waals surface area (Å²) in [6.07, 6.45) is 2.93. The number of thioether (sulfide) groups is 1. The van der Waals surface area contributed by atoms with E-state index in [0.717, 1.165) is 36.6 Å². The molecular weight excluding hydrogens is 437 g/mol. The summed E-state index contributed by atoms with van der Waals surface area (Å²) >= 11 is 1.13. The van der Waals surface area contributed by atoms with Crippen molar-refractivity contribution in [2.45, 2.75) is 30.5 Å². The Hall–Kier alpha value is -3.45. The largest absolute Gasteiger partial charge is 0.349 e. The fourth-order valence-corrected chi connectivity index (χ4v) is 5.14. The molecule has 1 N–H and O–H groups in total. The van der Waals surface area contributed by atoms with Gasteiger partial charge in [-0.25, -0.2) is 9.37 Å². The van der Waals surface area contributed by atoms with Crippen molar-refractivity contribution < 1.29 is 9.18 Å². The average Bonchev–Trinajstić information content (AvgIpc) is 2.84. The fourth-order valence-electron chi connectivity index (χ4n) is 4.32. The maximum Gasteiger partial charge on any atom is 0.266 e. The van der Waals surface area contributed by atoms with Crippen molar-refractivity contribution in [2.24, 2.45) is 0 Å². The van der Waals surface area contributed by atoms with Crippen LogP contribution >= 0.6 is 11.8 Å². The highest BCUT2D eigenvalue weighted by Gasteiger charge is 2.22. The first-order chi connectivity index (χ1) is 16.1. The molecule has 0 saturated carbocycles. The molecule has 5 rings (SSSR count). The lowest BCUT2D eigenvalue weighted by Gasteiger charge is -2.26. The maximum atomic E-state index is 14.6. The van der Waals surface area contributed by atoms with E-state index in [1.807, 2.05) is 12.1 Å². The number of rotatable bonds is 5. The van der Waals surface area contributed by atoms with E-state index in [2.05, 4.69) is 22.4 Å². The summed E-state index contributed by atoms with van der Waals surface area (Å²) in [5.74, 6) is -0.608. The van der Waals surface area contributed by atoms with Crippen molar-refractivity contribution >= 4 is 28.6 Å². The standard InChI is InChI=1S/C26H22FN3O2S/c27-20-12-4-6-15-23(20)30-25(32)19-11-3-5-13-22(19)29-26(30)33-16-24(31)28-21-14-7-9-17-8-1-2-10-18(17)21/h1-6,8,10-13,15,21H,7,9,14,16H2,(H,28,31). The highest BCUT2D eigenvalue weighted by atomic mass is 32.2. The summed E-state index contributed by atoms with van der Waals surface area (Å²) in [6, 6.07) is 21.2. The zero-order valence-electron chi connectivity index (χ0n) is 17.8. The quantitative estimate of drug-likeness (QED) is 0.344. The van der Waals surface area contributed by atoms with Crippen LogP contribution in [-0.4, -0.2) is 21.2 Å². The van der Waals surface area contributed by atoms with Crippen molar-refractivity contribution in [3.63, 3.8) is 0 Å². The number of carbonyl (C=O) groups is 1. The molecule has 7 heteroatoms. The molecule has 5 nitrogen and oxygen atoms in total. The average molecular weight is 460 g/mol. The molecule has 1 aromatic heterocycles. The molecule has 1 aliphatic rings. The van der Waals surface area contributed by atoms with Crippen LogP contribution < -0.4 is 10.9 Å². The molecule has 1 heterocycles. The van der Waals surface area contributed by atoms with Gasteiger partial charge in [0.1, 0.15) is 5.82 Å². The van der Waals surface area contributed by atoms with E-state index in [-0.39, 0.29) is 34.1 Å². The van der Waals surface area contributed by atoms with E-state index in [4.69, 9.17) is 0 Å². The van der Waals surface area contributed by atoms with Gasteiger partial charge in [0.25, 0.3) is 5.56 Å². The summed E-state index contributed by atoms with van der Waals surface area (Å²) in [4.78, 5) is 30.7. The number of nitrogens with zero attached hydrogens (tertiary/aromatic N) is 2. The van der Waals surface area contributed by atoms with Crippen LogP contribution in [0.2, 0.25) is 0 Å². The van der Waals surface area contributed by atoms with Gasteiger partial charge < -0.3 is 5.32 Å². The Morgan fingerprint density at radius 2 is 1.82 bits per heavy atom. The van der Waals surface area contributed by atoms with Gasteiger partial charge in [0, 0.05) is 0 Å². The molecule has 1 amide bonds. The lowest BCUT2D eigenvalue weighted by molar-refractivity contribution is -0.119. The Morgan fingerprint density at radius 3 is 2.70 bits per heavy atom. The van der Waals surface area contributed by atoms with Crippen molar-refractivity contribution in [2.75, 3.05) is 5.75 Å². The van der Waals surface area contributed by atoms with Crippen LogP contribution in [0, 0.1) is 5.82 Å². The minimum atomic E-state index is -0.526. The molecule has 0 aliphatic heterocycles. The van der Waals surface area contributed by atoms with E-state index >= 15 is 0 Å². The molecule has 0 bridgehead atoms. The van der Waals surface area contributed by atoms with Crippen LogP contribution in [0.4, 0.5) is 4.39 Å². The zero-order chi connectivity index (χ0) is 22.8. The van der Waals surface area contributed by atoms with E-state index in [1.165, 1.54) is 22.3 Å². The van der Waals surface area contributed by atoms with Gasteiger partial charge >= 0.3 is 0 Å². The third-order valence-electron chi connectivity index (χ3n) is 5.88. The minimum Gasteiger partial charge on any atom is -0.349 e. The Kier molecular flexibility index (Phi) is 5.96. The van der Waals surface area contributed by atoms with Crippen LogP contribution in [0.15, 0.2) is 82.7 Å². The molecule has 0 spiro atoms. The molecule has 4 aromatic rings. The molecule has 33 heavy (non-hydrogen) atoms. The van der Waals surface area contributed by atoms with Crippen LogP contribution in [0.3, 0.4) is 0 Å². The first-order valence-corrected chi connectivity index (χ1v) is 11.9. The van der Waals surface area contributed by atoms with Crippen molar-refractivity contribution in [3.8, 4) is 5.69 Å². The molecule has 3 aromatic carbocycles. The van der Waals surface area contributed by atoms with Crippen molar-refractivity contribution in [1.29, 1.82) is 0 Å². The van der Waals surface area contributed by atoms with Crippen LogP contribution in [0.1, 0.15) is 30.0 Å². The lowest BCUT2D eigenvalue weighted by atomic mass is 9.88. The zero-order valence-corrected chi connectivity index (χ0v) is 18.6. The Morgan fingerprint density at radius 1 is 1.06 bits per heavy atom. The summed E-state index contributed by atoms with van der Waals surface area (Å²) in [6.45, 7) is 0. The molecule has 1 aliphatic carbocycles. The second kappa shape index (κ2) is 9.19. The summed E-state index contributed by atoms with van der Waals surface area (Å²) in [5.41, 5.74) is 2.69. The fraction of sp³-hybridized carbons (Fsp3) is 0.192. The second-order valence-corrected chi connectivity index (χ2v) is 8.95. The third kappa shape index (κ3) is 4.28. The third-order valence-corrected chi connectivity index (χ3v) is 6.81. The van der Waals surface area contributed by atoms with E-state index in [9.17, 15) is 14.0 Å². The highest BCUT2D eigenvalue weighted by molar-refractivity contribution is 7.99. The summed E-state index contributed by atoms with van der Waals surface area (Å²) < 4.78 is 15.9. The summed E-state index contributed by atoms with van der Waals surface area (Å²) in [7, 11) is 0. The van der Waals surface area contributed by atoms with Crippen LogP contribution in [0.25, 0.3) is 16.6 Å². The Labute approximate surface area is 194 Å².